The van der Waals surface area contributed by atoms with Crippen LogP contribution in [0.1, 0.15) is 70.9 Å². The molecule has 1 aliphatic rings. The number of hydrogen-bond donors (Lipinski definition) is 0. The number of benzene rings is 1. The maximum absolute atomic E-state index is 4.82. The highest BCUT2D eigenvalue weighted by Gasteiger charge is 2.32. The van der Waals surface area contributed by atoms with Crippen molar-refractivity contribution in [2.24, 2.45) is 5.92 Å². The highest BCUT2D eigenvalue weighted by atomic mass is 32.3. The maximum atomic E-state index is 4.82. The molecule has 0 radical (unpaired) electrons. The monoisotopic (exact) mass is 397 g/mol. The fraction of sp³-hybridized carbons (Fsp3) is 0.577. The molecule has 0 bridgehead atoms. The van der Waals surface area contributed by atoms with E-state index in [0.29, 0.717) is 0 Å². The van der Waals surface area contributed by atoms with Crippen LogP contribution >= 0.6 is 10.0 Å². The first-order valence-corrected chi connectivity index (χ1v) is 13.6. The van der Waals surface area contributed by atoms with Crippen LogP contribution in [0.4, 0.5) is 0 Å². The summed E-state index contributed by atoms with van der Waals surface area (Å²) in [5, 5.41) is 0. The molecule has 0 saturated heterocycles. The predicted octanol–water partition coefficient (Wildman–Crippen LogP) is 7.54. The summed E-state index contributed by atoms with van der Waals surface area (Å²) in [6.45, 7) is 9.56. The summed E-state index contributed by atoms with van der Waals surface area (Å²) in [5.74, 6) is 0.812. The summed E-state index contributed by atoms with van der Waals surface area (Å²) in [6.07, 6.45) is 16.2. The highest BCUT2D eigenvalue weighted by molar-refractivity contribution is 8.32. The van der Waals surface area contributed by atoms with E-state index in [2.05, 4.69) is 89.1 Å². The molecule has 0 spiro atoms. The molecule has 1 heterocycles. The Bertz CT molecular complexity index is 773. The molecule has 1 aromatic heterocycles. The van der Waals surface area contributed by atoms with Gasteiger partial charge >= 0.3 is 0 Å². The van der Waals surface area contributed by atoms with Gasteiger partial charge < -0.3 is 0 Å². The number of hydrogen-bond acceptors (Lipinski definition) is 1. The minimum absolute atomic E-state index is 0.173. The van der Waals surface area contributed by atoms with Gasteiger partial charge in [-0.1, -0.05) is 63.4 Å². The van der Waals surface area contributed by atoms with E-state index in [0.717, 1.165) is 11.6 Å². The van der Waals surface area contributed by atoms with E-state index in [1.54, 1.807) is 0 Å². The van der Waals surface area contributed by atoms with Crippen molar-refractivity contribution in [1.29, 1.82) is 0 Å². The van der Waals surface area contributed by atoms with E-state index in [4.69, 9.17) is 4.98 Å². The topological polar surface area (TPSA) is 12.9 Å². The van der Waals surface area contributed by atoms with Crippen molar-refractivity contribution in [1.82, 2.24) is 4.98 Å². The Morgan fingerprint density at radius 1 is 0.786 bits per heavy atom. The molecule has 28 heavy (non-hydrogen) atoms. The average molecular weight is 398 g/mol. The third-order valence-corrected chi connectivity index (χ3v) is 10.8. The van der Waals surface area contributed by atoms with E-state index in [1.165, 1.54) is 48.8 Å². The first kappa shape index (κ1) is 21.4. The number of nitrogens with zero attached hydrogens (tertiary/aromatic N) is 1. The minimum Gasteiger partial charge on any atom is -0.256 e. The van der Waals surface area contributed by atoms with Crippen LogP contribution in [0.2, 0.25) is 0 Å². The van der Waals surface area contributed by atoms with Crippen molar-refractivity contribution in [2.75, 3.05) is 18.8 Å². The van der Waals surface area contributed by atoms with Gasteiger partial charge in [-0.2, -0.15) is 0 Å². The smallest absolute Gasteiger partial charge is 0.0702 e. The average Bonchev–Trinajstić information content (AvgIpc) is 2.68. The second-order valence-electron chi connectivity index (χ2n) is 10.4. The molecule has 2 heteroatoms. The minimum atomic E-state index is -0.706. The fourth-order valence-corrected chi connectivity index (χ4v) is 5.23. The van der Waals surface area contributed by atoms with Gasteiger partial charge in [0, 0.05) is 16.5 Å². The molecule has 0 atom stereocenters. The fourth-order valence-electron chi connectivity index (χ4n) is 4.40. The molecule has 1 aromatic carbocycles. The molecular formula is C26H39NS. The first-order chi connectivity index (χ1) is 13.0. The van der Waals surface area contributed by atoms with Crippen molar-refractivity contribution in [3.05, 3.63) is 53.7 Å². The zero-order valence-electron chi connectivity index (χ0n) is 19.0. The third kappa shape index (κ3) is 4.17. The second-order valence-corrected chi connectivity index (χ2v) is 15.1. The van der Waals surface area contributed by atoms with Crippen molar-refractivity contribution < 1.29 is 0 Å². The first-order valence-electron chi connectivity index (χ1n) is 10.8. The Morgan fingerprint density at radius 2 is 1.36 bits per heavy atom. The van der Waals surface area contributed by atoms with Gasteiger partial charge in [-0.25, -0.2) is 10.0 Å². The van der Waals surface area contributed by atoms with Crippen LogP contribution in [0.3, 0.4) is 0 Å². The summed E-state index contributed by atoms with van der Waals surface area (Å²) in [7, 11) is -0.706. The number of aromatic nitrogens is 1. The van der Waals surface area contributed by atoms with Gasteiger partial charge in [-0.05, 0) is 74.0 Å². The Hall–Kier alpha value is -1.28. The molecule has 154 valence electrons. The summed E-state index contributed by atoms with van der Waals surface area (Å²) < 4.78 is 0.173. The number of pyridine rings is 1. The molecule has 1 saturated carbocycles. The van der Waals surface area contributed by atoms with Gasteiger partial charge in [0.1, 0.15) is 0 Å². The quantitative estimate of drug-likeness (QED) is 0.508. The molecule has 0 amide bonds. The molecule has 3 rings (SSSR count). The Labute approximate surface area is 174 Å². The van der Waals surface area contributed by atoms with Gasteiger partial charge in [0.15, 0.2) is 0 Å². The largest absolute Gasteiger partial charge is 0.256 e. The lowest BCUT2D eigenvalue weighted by molar-refractivity contribution is 0.236. The van der Waals surface area contributed by atoms with Gasteiger partial charge in [-0.3, -0.25) is 4.98 Å². The predicted molar refractivity (Wildman–Crippen MR) is 128 cm³/mol. The van der Waals surface area contributed by atoms with Gasteiger partial charge in [0.05, 0.1) is 5.69 Å². The zero-order valence-corrected chi connectivity index (χ0v) is 19.8. The van der Waals surface area contributed by atoms with Gasteiger partial charge in [0.2, 0.25) is 0 Å². The normalized spacial score (nSPS) is 17.5. The van der Waals surface area contributed by atoms with Crippen LogP contribution in [-0.2, 0) is 10.2 Å². The van der Waals surface area contributed by atoms with Crippen LogP contribution in [0.25, 0.3) is 11.3 Å². The molecule has 0 aliphatic heterocycles. The SMILES string of the molecule is CC(C)(c1ccc(-c2ccc(C(C)(C)S(C)(C)C)cn2)cc1)C1CCCCC1. The molecule has 1 aliphatic carbocycles. The molecule has 0 unspecified atom stereocenters. The summed E-state index contributed by atoms with van der Waals surface area (Å²) in [6, 6.07) is 13.7. The van der Waals surface area contributed by atoms with Crippen molar-refractivity contribution in [3.63, 3.8) is 0 Å². The van der Waals surface area contributed by atoms with Crippen molar-refractivity contribution in [2.45, 2.75) is 70.0 Å². The van der Waals surface area contributed by atoms with Gasteiger partial charge in [-0.15, -0.1) is 0 Å². The van der Waals surface area contributed by atoms with Crippen LogP contribution < -0.4 is 0 Å². The molecule has 1 nitrogen and oxygen atoms in total. The van der Waals surface area contributed by atoms with E-state index >= 15 is 0 Å². The van der Waals surface area contributed by atoms with E-state index < -0.39 is 10.0 Å². The van der Waals surface area contributed by atoms with Gasteiger partial charge in [0.25, 0.3) is 0 Å². The van der Waals surface area contributed by atoms with E-state index in [1.807, 2.05) is 0 Å². The highest BCUT2D eigenvalue weighted by Crippen LogP contribution is 2.55. The lowest BCUT2D eigenvalue weighted by atomic mass is 9.67. The van der Waals surface area contributed by atoms with Crippen molar-refractivity contribution in [3.8, 4) is 11.3 Å². The Balaban J connectivity index is 1.80. The Kier molecular flexibility index (Phi) is 6.01. The van der Waals surface area contributed by atoms with Crippen LogP contribution in [0, 0.1) is 5.92 Å². The standard InChI is InChI=1S/C26H39NS/c1-25(2,21-11-9-8-10-12-21)22-15-13-20(14-16-22)24-18-17-23(19-27-24)26(3,4)28(5,6)7/h13-19,21H,8-12H2,1-7H3. The Morgan fingerprint density at radius 3 is 1.86 bits per heavy atom. The lowest BCUT2D eigenvalue weighted by Crippen LogP contribution is -2.30. The van der Waals surface area contributed by atoms with Crippen LogP contribution in [0.15, 0.2) is 42.6 Å². The second kappa shape index (κ2) is 7.86. The van der Waals surface area contributed by atoms with E-state index in [-0.39, 0.29) is 10.2 Å². The van der Waals surface area contributed by atoms with E-state index in [9.17, 15) is 0 Å². The molecule has 0 N–H and O–H groups in total. The molecule has 2 aromatic rings. The van der Waals surface area contributed by atoms with Crippen molar-refractivity contribution >= 4 is 10.0 Å². The van der Waals surface area contributed by atoms with Crippen LogP contribution in [0.5, 0.6) is 0 Å². The lowest BCUT2D eigenvalue weighted by Gasteiger charge is -2.44. The van der Waals surface area contributed by atoms with Crippen LogP contribution in [-0.4, -0.2) is 23.8 Å². The molecular weight excluding hydrogens is 358 g/mol. The third-order valence-electron chi connectivity index (χ3n) is 7.54. The summed E-state index contributed by atoms with van der Waals surface area (Å²) in [4.78, 5) is 4.82. The summed E-state index contributed by atoms with van der Waals surface area (Å²) in [5.41, 5.74) is 5.36. The zero-order chi connectivity index (χ0) is 20.6. The summed E-state index contributed by atoms with van der Waals surface area (Å²) >= 11 is 0. The maximum Gasteiger partial charge on any atom is 0.0702 e. The molecule has 1 fully saturated rings. The number of rotatable bonds is 5.